The third-order valence-electron chi connectivity index (χ3n) is 6.34. The number of hydrogen-bond donors (Lipinski definition) is 3. The van der Waals surface area contributed by atoms with E-state index in [1.165, 1.54) is 16.4 Å². The lowest BCUT2D eigenvalue weighted by Crippen LogP contribution is -2.53. The standard InChI is InChI=1S/C24H38N2O8S/c1-15(2)11-26(35(30,31)18-7-5-6-17(10-18)13-27)12-20(28)22(16(3)4)25-24(29)34-21-14-33-23-19(21)8-9-32-23/h5-7,10,15-16,19-23,27-28H,8-9,11-14H2,1-4H3,(H,25,29)/t19-,20+,21?,22?,23+/m0/s1. The van der Waals surface area contributed by atoms with E-state index in [9.17, 15) is 23.4 Å². The number of ether oxygens (including phenoxy) is 3. The zero-order valence-electron chi connectivity index (χ0n) is 20.8. The van der Waals surface area contributed by atoms with E-state index < -0.39 is 34.4 Å². The molecule has 2 aliphatic heterocycles. The number of rotatable bonds is 11. The molecule has 0 spiro atoms. The number of fused-ring (bicyclic) bond motifs is 1. The smallest absolute Gasteiger partial charge is 0.407 e. The van der Waals surface area contributed by atoms with E-state index in [0.29, 0.717) is 12.2 Å². The number of nitrogens with zero attached hydrogens (tertiary/aromatic N) is 1. The first kappa shape index (κ1) is 27.8. The van der Waals surface area contributed by atoms with Crippen LogP contribution in [0.5, 0.6) is 0 Å². The van der Waals surface area contributed by atoms with Crippen LogP contribution in [-0.2, 0) is 30.8 Å². The first-order valence-corrected chi connectivity index (χ1v) is 13.5. The second kappa shape index (κ2) is 12.0. The monoisotopic (exact) mass is 514 g/mol. The Bertz CT molecular complexity index is 955. The van der Waals surface area contributed by atoms with Gasteiger partial charge < -0.3 is 29.7 Å². The van der Waals surface area contributed by atoms with E-state index in [1.54, 1.807) is 12.1 Å². The summed E-state index contributed by atoms with van der Waals surface area (Å²) in [6, 6.07) is 5.36. The van der Waals surface area contributed by atoms with Gasteiger partial charge in [-0.2, -0.15) is 4.31 Å². The van der Waals surface area contributed by atoms with Crippen molar-refractivity contribution < 1.29 is 37.6 Å². The molecule has 0 aromatic heterocycles. The Morgan fingerprint density at radius 2 is 1.97 bits per heavy atom. The Morgan fingerprint density at radius 3 is 2.63 bits per heavy atom. The van der Waals surface area contributed by atoms with Gasteiger partial charge in [0.2, 0.25) is 10.0 Å². The number of amides is 1. The van der Waals surface area contributed by atoms with Crippen LogP contribution < -0.4 is 5.32 Å². The highest BCUT2D eigenvalue weighted by Gasteiger charge is 2.44. The van der Waals surface area contributed by atoms with Crippen LogP contribution in [0.1, 0.15) is 39.7 Å². The summed E-state index contributed by atoms with van der Waals surface area (Å²) >= 11 is 0. The van der Waals surface area contributed by atoms with Crippen LogP contribution in [0.15, 0.2) is 29.2 Å². The molecule has 2 aliphatic rings. The Morgan fingerprint density at radius 1 is 1.23 bits per heavy atom. The van der Waals surface area contributed by atoms with E-state index >= 15 is 0 Å². The normalized spacial score (nSPS) is 24.1. The zero-order valence-corrected chi connectivity index (χ0v) is 21.6. The fraction of sp³-hybridized carbons (Fsp3) is 0.708. The maximum atomic E-state index is 13.4. The van der Waals surface area contributed by atoms with Crippen molar-refractivity contribution in [2.75, 3.05) is 26.3 Å². The van der Waals surface area contributed by atoms with Crippen molar-refractivity contribution in [3.05, 3.63) is 29.8 Å². The lowest BCUT2D eigenvalue weighted by molar-refractivity contribution is -0.0907. The van der Waals surface area contributed by atoms with Crippen LogP contribution in [0.3, 0.4) is 0 Å². The molecule has 0 bridgehead atoms. The van der Waals surface area contributed by atoms with Gasteiger partial charge in [-0.15, -0.1) is 0 Å². The van der Waals surface area contributed by atoms with E-state index in [4.69, 9.17) is 14.2 Å². The van der Waals surface area contributed by atoms with Gasteiger partial charge in [0.25, 0.3) is 0 Å². The number of hydrogen-bond acceptors (Lipinski definition) is 8. The van der Waals surface area contributed by atoms with Gasteiger partial charge in [-0.05, 0) is 36.0 Å². The average molecular weight is 515 g/mol. The van der Waals surface area contributed by atoms with Crippen molar-refractivity contribution in [3.8, 4) is 0 Å². The molecule has 10 nitrogen and oxygen atoms in total. The number of nitrogens with one attached hydrogen (secondary N) is 1. The first-order chi connectivity index (χ1) is 16.5. The Hall–Kier alpha value is -1.76. The van der Waals surface area contributed by atoms with Crippen molar-refractivity contribution in [3.63, 3.8) is 0 Å². The van der Waals surface area contributed by atoms with Crippen LogP contribution in [0.4, 0.5) is 4.79 Å². The lowest BCUT2D eigenvalue weighted by Gasteiger charge is -2.32. The molecule has 198 valence electrons. The summed E-state index contributed by atoms with van der Waals surface area (Å²) < 4.78 is 44.6. The minimum atomic E-state index is -3.95. The summed E-state index contributed by atoms with van der Waals surface area (Å²) in [7, 11) is -3.95. The Labute approximate surface area is 207 Å². The molecule has 1 amide bonds. The molecule has 2 unspecified atom stereocenters. The summed E-state index contributed by atoms with van der Waals surface area (Å²) in [5.41, 5.74) is 0.478. The maximum absolute atomic E-state index is 13.4. The molecule has 0 saturated carbocycles. The molecule has 2 heterocycles. The largest absolute Gasteiger partial charge is 0.443 e. The molecule has 3 rings (SSSR count). The van der Waals surface area contributed by atoms with Gasteiger partial charge in [0.1, 0.15) is 6.10 Å². The lowest BCUT2D eigenvalue weighted by atomic mass is 9.98. The van der Waals surface area contributed by atoms with E-state index in [-0.39, 0.29) is 55.2 Å². The van der Waals surface area contributed by atoms with Crippen molar-refractivity contribution >= 4 is 16.1 Å². The summed E-state index contributed by atoms with van der Waals surface area (Å²) in [6.07, 6.45) is -1.89. The molecule has 0 radical (unpaired) electrons. The molecule has 2 fully saturated rings. The van der Waals surface area contributed by atoms with E-state index in [1.807, 2.05) is 27.7 Å². The molecule has 11 heteroatoms. The van der Waals surface area contributed by atoms with E-state index in [0.717, 1.165) is 6.42 Å². The minimum absolute atomic E-state index is 0.00244. The van der Waals surface area contributed by atoms with Crippen molar-refractivity contribution in [1.29, 1.82) is 0 Å². The second-order valence-corrected chi connectivity index (χ2v) is 11.9. The van der Waals surface area contributed by atoms with Gasteiger partial charge in [-0.1, -0.05) is 39.8 Å². The first-order valence-electron chi connectivity index (χ1n) is 12.1. The fourth-order valence-corrected chi connectivity index (χ4v) is 6.21. The highest BCUT2D eigenvalue weighted by Crippen LogP contribution is 2.33. The summed E-state index contributed by atoms with van der Waals surface area (Å²) in [6.45, 7) is 7.95. The summed E-state index contributed by atoms with van der Waals surface area (Å²) in [5.74, 6) is -0.205. The number of aliphatic hydroxyl groups excluding tert-OH is 2. The molecule has 2 saturated heterocycles. The third-order valence-corrected chi connectivity index (χ3v) is 8.17. The topological polar surface area (TPSA) is 135 Å². The molecular weight excluding hydrogens is 476 g/mol. The highest BCUT2D eigenvalue weighted by molar-refractivity contribution is 7.89. The molecule has 1 aromatic carbocycles. The van der Waals surface area contributed by atoms with Gasteiger partial charge in [0, 0.05) is 13.1 Å². The number of sulfonamides is 1. The third kappa shape index (κ3) is 6.93. The van der Waals surface area contributed by atoms with Crippen molar-refractivity contribution in [1.82, 2.24) is 9.62 Å². The molecule has 5 atom stereocenters. The SMILES string of the molecule is CC(C)CN(C[C@@H](O)C(NC(=O)OC1CO[C@H]2OCC[C@@H]12)C(C)C)S(=O)(=O)c1cccc(CO)c1. The summed E-state index contributed by atoms with van der Waals surface area (Å²) in [5, 5.41) is 23.2. The Kier molecular flexibility index (Phi) is 9.53. The van der Waals surface area contributed by atoms with Gasteiger partial charge in [0.15, 0.2) is 6.29 Å². The van der Waals surface area contributed by atoms with Crippen molar-refractivity contribution in [2.24, 2.45) is 17.8 Å². The zero-order chi connectivity index (χ0) is 25.8. The number of aliphatic hydroxyl groups is 2. The van der Waals surface area contributed by atoms with Crippen LogP contribution >= 0.6 is 0 Å². The number of alkyl carbamates (subject to hydrolysis) is 1. The molecule has 35 heavy (non-hydrogen) atoms. The minimum Gasteiger partial charge on any atom is -0.443 e. The van der Waals surface area contributed by atoms with Gasteiger partial charge in [0.05, 0.1) is 42.8 Å². The molecule has 1 aromatic rings. The second-order valence-electron chi connectivity index (χ2n) is 9.97. The van der Waals surface area contributed by atoms with Crippen LogP contribution in [0.25, 0.3) is 0 Å². The highest BCUT2D eigenvalue weighted by atomic mass is 32.2. The number of benzene rings is 1. The van der Waals surface area contributed by atoms with Gasteiger partial charge in [-0.25, -0.2) is 13.2 Å². The number of carbonyl (C=O) groups excluding carboxylic acids is 1. The molecule has 0 aliphatic carbocycles. The number of carbonyl (C=O) groups is 1. The van der Waals surface area contributed by atoms with Gasteiger partial charge >= 0.3 is 6.09 Å². The molecular formula is C24H38N2O8S. The predicted octanol–water partition coefficient (Wildman–Crippen LogP) is 1.70. The van der Waals surface area contributed by atoms with Crippen LogP contribution in [0, 0.1) is 17.8 Å². The van der Waals surface area contributed by atoms with E-state index in [2.05, 4.69) is 5.32 Å². The fourth-order valence-electron chi connectivity index (χ4n) is 4.52. The van der Waals surface area contributed by atoms with Crippen molar-refractivity contribution in [2.45, 2.75) is 70.2 Å². The quantitative estimate of drug-likeness (QED) is 0.406. The molecule has 3 N–H and O–H groups in total. The maximum Gasteiger partial charge on any atom is 0.407 e. The van der Waals surface area contributed by atoms with Gasteiger partial charge in [-0.3, -0.25) is 0 Å². The van der Waals surface area contributed by atoms with Crippen LogP contribution in [0.2, 0.25) is 0 Å². The Balaban J connectivity index is 1.71. The average Bonchev–Trinajstić information content (AvgIpc) is 3.41. The summed E-state index contributed by atoms with van der Waals surface area (Å²) in [4.78, 5) is 12.7. The predicted molar refractivity (Wildman–Crippen MR) is 128 cm³/mol. The van der Waals surface area contributed by atoms with Crippen LogP contribution in [-0.4, -0.2) is 79.9 Å².